The molecule has 0 atom stereocenters. The van der Waals surface area contributed by atoms with Crippen LogP contribution in [0.1, 0.15) is 27.6 Å². The van der Waals surface area contributed by atoms with Crippen LogP contribution in [0.5, 0.6) is 5.75 Å². The highest BCUT2D eigenvalue weighted by Crippen LogP contribution is 2.24. The van der Waals surface area contributed by atoms with Gasteiger partial charge in [0.25, 0.3) is 5.91 Å². The maximum absolute atomic E-state index is 11.8. The van der Waals surface area contributed by atoms with Crippen LogP contribution in [0.15, 0.2) is 57.9 Å². The molecule has 0 saturated heterocycles. The zero-order valence-corrected chi connectivity index (χ0v) is 14.9. The summed E-state index contributed by atoms with van der Waals surface area (Å²) in [6, 6.07) is 13.3. The zero-order chi connectivity index (χ0) is 19.4. The van der Waals surface area contributed by atoms with Crippen LogP contribution in [0.25, 0.3) is 11.0 Å². The number of hydrogen-bond donors (Lipinski definition) is 1. The Hall–Kier alpha value is -3.61. The molecule has 0 unspecified atom stereocenters. The molecule has 1 aromatic heterocycles. The average molecular weight is 366 g/mol. The molecule has 0 radical (unpaired) electrons. The predicted molar refractivity (Wildman–Crippen MR) is 98.9 cm³/mol. The molecule has 1 heterocycles. The minimum atomic E-state index is -0.662. The summed E-state index contributed by atoms with van der Waals surface area (Å²) in [5.74, 6) is -0.565. The lowest BCUT2D eigenvalue weighted by atomic mass is 10.1. The van der Waals surface area contributed by atoms with Crippen LogP contribution in [0, 0.1) is 0 Å². The van der Waals surface area contributed by atoms with Gasteiger partial charge in [-0.2, -0.15) is 0 Å². The van der Waals surface area contributed by atoms with E-state index in [1.165, 1.54) is 7.11 Å². The molecule has 7 heteroatoms. The lowest BCUT2D eigenvalue weighted by Crippen LogP contribution is -2.21. The van der Waals surface area contributed by atoms with E-state index in [1.54, 1.807) is 55.5 Å². The number of rotatable bonds is 5. The number of nitrogens with zero attached hydrogens (tertiary/aromatic N) is 1. The van der Waals surface area contributed by atoms with E-state index in [4.69, 9.17) is 19.6 Å². The van der Waals surface area contributed by atoms with E-state index in [0.717, 1.165) is 0 Å². The summed E-state index contributed by atoms with van der Waals surface area (Å²) < 4.78 is 16.1. The Morgan fingerprint density at radius 2 is 1.89 bits per heavy atom. The van der Waals surface area contributed by atoms with Crippen molar-refractivity contribution in [2.75, 3.05) is 13.7 Å². The van der Waals surface area contributed by atoms with Gasteiger partial charge in [0.1, 0.15) is 5.56 Å². The van der Waals surface area contributed by atoms with Gasteiger partial charge in [-0.3, -0.25) is 4.79 Å². The minimum absolute atomic E-state index is 0.0587. The Morgan fingerprint density at radius 3 is 2.52 bits per heavy atom. The number of amides is 1. The molecule has 3 aromatic rings. The van der Waals surface area contributed by atoms with Crippen molar-refractivity contribution in [3.05, 3.63) is 65.2 Å². The molecule has 1 amide bonds. The van der Waals surface area contributed by atoms with Crippen LogP contribution in [0.4, 0.5) is 5.69 Å². The maximum atomic E-state index is 11.8. The van der Waals surface area contributed by atoms with E-state index in [9.17, 15) is 9.59 Å². The van der Waals surface area contributed by atoms with E-state index in [0.29, 0.717) is 34.6 Å². The van der Waals surface area contributed by atoms with Crippen LogP contribution in [-0.4, -0.2) is 25.6 Å². The second-order valence-corrected chi connectivity index (χ2v) is 5.59. The highest BCUT2D eigenvalue weighted by Gasteiger charge is 2.12. The van der Waals surface area contributed by atoms with Crippen LogP contribution >= 0.6 is 0 Å². The molecule has 7 nitrogen and oxygen atoms in total. The maximum Gasteiger partial charge on any atom is 0.338 e. The number of carbonyl (C=O) groups is 2. The molecular weight excluding hydrogens is 348 g/mol. The van der Waals surface area contributed by atoms with Crippen LogP contribution in [0.3, 0.4) is 0 Å². The SMILES string of the molecule is CCOC(=O)c1ccc(N=c2oc3c(OC)cccc3cc2C(N)=O)cc1. The molecule has 0 aliphatic heterocycles. The van der Waals surface area contributed by atoms with E-state index in [2.05, 4.69) is 4.99 Å². The third-order valence-electron chi connectivity index (χ3n) is 3.83. The lowest BCUT2D eigenvalue weighted by molar-refractivity contribution is 0.0526. The van der Waals surface area contributed by atoms with Gasteiger partial charge >= 0.3 is 5.97 Å². The second kappa shape index (κ2) is 7.74. The number of hydrogen-bond acceptors (Lipinski definition) is 6. The highest BCUT2D eigenvalue weighted by molar-refractivity contribution is 5.96. The standard InChI is InChI=1S/C20H18N2O5/c1-3-26-20(24)12-7-9-14(10-8-12)22-19-15(18(21)23)11-13-5-4-6-16(25-2)17(13)27-19/h4-11H,3H2,1-2H3,(H2,21,23). The molecule has 0 aliphatic carbocycles. The molecule has 0 fully saturated rings. The van der Waals surface area contributed by atoms with Gasteiger partial charge in [0.15, 0.2) is 11.3 Å². The average Bonchev–Trinajstić information content (AvgIpc) is 2.67. The monoisotopic (exact) mass is 366 g/mol. The molecule has 0 bridgehead atoms. The van der Waals surface area contributed by atoms with Gasteiger partial charge in [0.2, 0.25) is 5.55 Å². The number of methoxy groups -OCH3 is 1. The smallest absolute Gasteiger partial charge is 0.338 e. The Labute approximate surface area is 155 Å². The Kier molecular flexibility index (Phi) is 5.21. The van der Waals surface area contributed by atoms with Gasteiger partial charge in [-0.1, -0.05) is 12.1 Å². The van der Waals surface area contributed by atoms with Crippen molar-refractivity contribution in [1.29, 1.82) is 0 Å². The molecule has 0 aliphatic rings. The number of esters is 1. The lowest BCUT2D eigenvalue weighted by Gasteiger charge is -2.06. The van der Waals surface area contributed by atoms with Crippen molar-refractivity contribution in [2.45, 2.75) is 6.92 Å². The van der Waals surface area contributed by atoms with Crippen molar-refractivity contribution in [2.24, 2.45) is 10.7 Å². The summed E-state index contributed by atoms with van der Waals surface area (Å²) in [5, 5.41) is 0.666. The van der Waals surface area contributed by atoms with Crippen molar-refractivity contribution >= 4 is 28.5 Å². The fourth-order valence-corrected chi connectivity index (χ4v) is 2.55. The van der Waals surface area contributed by atoms with E-state index < -0.39 is 11.9 Å². The van der Waals surface area contributed by atoms with Gasteiger partial charge in [-0.25, -0.2) is 9.79 Å². The van der Waals surface area contributed by atoms with Crippen molar-refractivity contribution < 1.29 is 23.5 Å². The Balaban J connectivity index is 2.12. The number of carbonyl (C=O) groups excluding carboxylic acids is 2. The van der Waals surface area contributed by atoms with Crippen molar-refractivity contribution in [1.82, 2.24) is 0 Å². The molecule has 3 rings (SSSR count). The normalized spacial score (nSPS) is 11.4. The Morgan fingerprint density at radius 1 is 1.15 bits per heavy atom. The second-order valence-electron chi connectivity index (χ2n) is 5.59. The first-order valence-electron chi connectivity index (χ1n) is 8.26. The highest BCUT2D eigenvalue weighted by atomic mass is 16.5. The molecule has 2 aromatic carbocycles. The quantitative estimate of drug-likeness (QED) is 0.699. The van der Waals surface area contributed by atoms with Gasteiger partial charge in [-0.05, 0) is 43.3 Å². The van der Waals surface area contributed by atoms with Crippen LogP contribution in [0.2, 0.25) is 0 Å². The van der Waals surface area contributed by atoms with Gasteiger partial charge < -0.3 is 19.6 Å². The number of nitrogens with two attached hydrogens (primary N) is 1. The van der Waals surface area contributed by atoms with E-state index >= 15 is 0 Å². The molecule has 2 N–H and O–H groups in total. The fourth-order valence-electron chi connectivity index (χ4n) is 2.55. The van der Waals surface area contributed by atoms with Gasteiger partial charge in [-0.15, -0.1) is 0 Å². The van der Waals surface area contributed by atoms with Crippen LogP contribution in [-0.2, 0) is 4.74 Å². The molecule has 0 spiro atoms. The number of primary amides is 1. The number of fused-ring (bicyclic) bond motifs is 1. The van der Waals surface area contributed by atoms with E-state index in [1.807, 2.05) is 0 Å². The van der Waals surface area contributed by atoms with E-state index in [-0.39, 0.29) is 11.1 Å². The van der Waals surface area contributed by atoms with Crippen molar-refractivity contribution in [3.8, 4) is 5.75 Å². The largest absolute Gasteiger partial charge is 0.493 e. The summed E-state index contributed by atoms with van der Waals surface area (Å²) in [5.41, 5.74) is 7.02. The number of benzene rings is 2. The third-order valence-corrected chi connectivity index (χ3v) is 3.83. The first kappa shape index (κ1) is 18.2. The molecule has 0 saturated carbocycles. The summed E-state index contributed by atoms with van der Waals surface area (Å²) in [6.07, 6.45) is 0. The summed E-state index contributed by atoms with van der Waals surface area (Å²) in [4.78, 5) is 27.9. The van der Waals surface area contributed by atoms with Gasteiger partial charge in [0, 0.05) is 5.39 Å². The molecule has 138 valence electrons. The topological polar surface area (TPSA) is 104 Å². The summed E-state index contributed by atoms with van der Waals surface area (Å²) in [6.45, 7) is 2.03. The van der Waals surface area contributed by atoms with Crippen molar-refractivity contribution in [3.63, 3.8) is 0 Å². The third kappa shape index (κ3) is 3.82. The van der Waals surface area contributed by atoms with Crippen LogP contribution < -0.4 is 16.0 Å². The number of ether oxygens (including phenoxy) is 2. The number of para-hydroxylation sites is 1. The summed E-state index contributed by atoms with van der Waals surface area (Å²) >= 11 is 0. The Bertz CT molecular complexity index is 1070. The first-order chi connectivity index (χ1) is 13.0. The molecular formula is C20H18N2O5. The fraction of sp³-hybridized carbons (Fsp3) is 0.150. The summed E-state index contributed by atoms with van der Waals surface area (Å²) in [7, 11) is 1.53. The predicted octanol–water partition coefficient (Wildman–Crippen LogP) is 2.95. The zero-order valence-electron chi connectivity index (χ0n) is 14.9. The molecule has 27 heavy (non-hydrogen) atoms. The first-order valence-corrected chi connectivity index (χ1v) is 8.26. The minimum Gasteiger partial charge on any atom is -0.493 e. The van der Waals surface area contributed by atoms with Gasteiger partial charge in [0.05, 0.1) is 25.0 Å².